The molecule has 0 aliphatic carbocycles. The molecule has 0 bridgehead atoms. The van der Waals surface area contributed by atoms with E-state index in [1.165, 1.54) is 5.56 Å². The second-order valence-electron chi connectivity index (χ2n) is 4.86. The van der Waals surface area contributed by atoms with Gasteiger partial charge in [0.1, 0.15) is 0 Å². The number of hydrogen-bond donors (Lipinski definition) is 1. The molecule has 2 aromatic rings. The molecule has 0 radical (unpaired) electrons. The van der Waals surface area contributed by atoms with Gasteiger partial charge in [0.2, 0.25) is 0 Å². The highest BCUT2D eigenvalue weighted by Crippen LogP contribution is 2.30. The van der Waals surface area contributed by atoms with E-state index in [1.54, 1.807) is 7.11 Å². The summed E-state index contributed by atoms with van der Waals surface area (Å²) in [6.07, 6.45) is 0.987. The summed E-state index contributed by atoms with van der Waals surface area (Å²) < 4.78 is 6.35. The summed E-state index contributed by atoms with van der Waals surface area (Å²) in [5, 5.41) is 4.37. The van der Waals surface area contributed by atoms with E-state index in [0.717, 1.165) is 27.2 Å². The number of hydrogen-bond acceptors (Lipinski definition) is 2. The van der Waals surface area contributed by atoms with Gasteiger partial charge in [-0.25, -0.2) is 0 Å². The van der Waals surface area contributed by atoms with E-state index in [9.17, 15) is 0 Å². The Hall–Kier alpha value is -1.03. The van der Waals surface area contributed by atoms with E-state index in [0.29, 0.717) is 6.61 Å². The van der Waals surface area contributed by atoms with Gasteiger partial charge in [-0.3, -0.25) is 0 Å². The maximum absolute atomic E-state index is 5.96. The van der Waals surface area contributed by atoms with E-state index in [1.807, 2.05) is 24.3 Å². The van der Waals surface area contributed by atoms with Crippen LogP contribution in [0.3, 0.4) is 0 Å². The normalized spacial score (nSPS) is 12.2. The molecule has 0 aliphatic rings. The van der Waals surface area contributed by atoms with Crippen LogP contribution in [0, 0.1) is 0 Å². The molecule has 2 aromatic carbocycles. The lowest BCUT2D eigenvalue weighted by molar-refractivity contribution is 0.185. The molecule has 1 atom stereocenters. The van der Waals surface area contributed by atoms with Gasteiger partial charge in [0.05, 0.1) is 12.6 Å². The summed E-state index contributed by atoms with van der Waals surface area (Å²) in [7, 11) is 1.71. The molecule has 1 unspecified atom stereocenters. The minimum Gasteiger partial charge on any atom is -0.380 e. The first kappa shape index (κ1) is 16.3. The van der Waals surface area contributed by atoms with Crippen molar-refractivity contribution in [2.45, 2.75) is 26.0 Å². The Morgan fingerprint density at radius 2 is 1.90 bits per heavy atom. The van der Waals surface area contributed by atoms with Crippen molar-refractivity contribution in [1.29, 1.82) is 0 Å². The zero-order chi connectivity index (χ0) is 15.2. The van der Waals surface area contributed by atoms with E-state index >= 15 is 0 Å². The predicted octanol–water partition coefficient (Wildman–Crippen LogP) is 5.81. The average Bonchev–Trinajstić information content (AvgIpc) is 2.49. The van der Waals surface area contributed by atoms with Crippen LogP contribution in [0.25, 0.3) is 0 Å². The van der Waals surface area contributed by atoms with Crippen LogP contribution in [-0.2, 0) is 11.3 Å². The largest absolute Gasteiger partial charge is 0.380 e. The summed E-state index contributed by atoms with van der Waals surface area (Å²) in [6, 6.07) is 14.4. The Morgan fingerprint density at radius 3 is 2.52 bits per heavy atom. The molecule has 0 spiro atoms. The molecule has 0 aliphatic heterocycles. The summed E-state index contributed by atoms with van der Waals surface area (Å²) in [5.74, 6) is 0. The standard InChI is InChI=1S/C17H19BrClNO/c1-3-16(12-7-9-13(19)10-8-12)20-17-6-4-5-15(18)14(17)11-21-2/h4-10,16,20H,3,11H2,1-2H3. The number of anilines is 1. The molecule has 2 nitrogen and oxygen atoms in total. The lowest BCUT2D eigenvalue weighted by atomic mass is 10.0. The first-order valence-corrected chi connectivity index (χ1v) is 8.11. The van der Waals surface area contributed by atoms with Crippen LogP contribution >= 0.6 is 27.5 Å². The number of methoxy groups -OCH3 is 1. The van der Waals surface area contributed by atoms with Crippen molar-refractivity contribution in [2.24, 2.45) is 0 Å². The Morgan fingerprint density at radius 1 is 1.19 bits per heavy atom. The molecule has 0 saturated heterocycles. The van der Waals surface area contributed by atoms with Crippen LogP contribution in [-0.4, -0.2) is 7.11 Å². The Bertz CT molecular complexity index is 586. The third kappa shape index (κ3) is 4.22. The molecule has 0 amide bonds. The summed E-state index contributed by atoms with van der Waals surface area (Å²) in [4.78, 5) is 0. The van der Waals surface area contributed by atoms with E-state index < -0.39 is 0 Å². The van der Waals surface area contributed by atoms with Crippen molar-refractivity contribution < 1.29 is 4.74 Å². The van der Waals surface area contributed by atoms with E-state index in [4.69, 9.17) is 16.3 Å². The fourth-order valence-electron chi connectivity index (χ4n) is 2.29. The molecular formula is C17H19BrClNO. The van der Waals surface area contributed by atoms with Gasteiger partial charge in [0, 0.05) is 27.9 Å². The van der Waals surface area contributed by atoms with Crippen LogP contribution in [0.2, 0.25) is 5.02 Å². The molecule has 112 valence electrons. The van der Waals surface area contributed by atoms with Gasteiger partial charge in [-0.15, -0.1) is 0 Å². The third-order valence-corrected chi connectivity index (χ3v) is 4.41. The van der Waals surface area contributed by atoms with Crippen LogP contribution in [0.15, 0.2) is 46.9 Å². The average molecular weight is 369 g/mol. The maximum Gasteiger partial charge on any atom is 0.0744 e. The SMILES string of the molecule is CCC(Nc1cccc(Br)c1COC)c1ccc(Cl)cc1. The second kappa shape index (κ2) is 7.83. The summed E-state index contributed by atoms with van der Waals surface area (Å²) in [6.45, 7) is 2.74. The van der Waals surface area contributed by atoms with Crippen LogP contribution in [0.4, 0.5) is 5.69 Å². The Balaban J connectivity index is 2.26. The molecule has 4 heteroatoms. The van der Waals surface area contributed by atoms with Gasteiger partial charge in [0.15, 0.2) is 0 Å². The summed E-state index contributed by atoms with van der Waals surface area (Å²) in [5.41, 5.74) is 3.45. The molecule has 2 rings (SSSR count). The maximum atomic E-state index is 5.96. The monoisotopic (exact) mass is 367 g/mol. The van der Waals surface area contributed by atoms with Gasteiger partial charge >= 0.3 is 0 Å². The molecule has 0 fully saturated rings. The van der Waals surface area contributed by atoms with Crippen molar-refractivity contribution in [1.82, 2.24) is 0 Å². The highest BCUT2D eigenvalue weighted by molar-refractivity contribution is 9.10. The lowest BCUT2D eigenvalue weighted by Gasteiger charge is -2.21. The van der Waals surface area contributed by atoms with Crippen molar-refractivity contribution in [3.8, 4) is 0 Å². The Kier molecular flexibility index (Phi) is 6.09. The lowest BCUT2D eigenvalue weighted by Crippen LogP contribution is -2.11. The van der Waals surface area contributed by atoms with Gasteiger partial charge in [0.25, 0.3) is 0 Å². The molecule has 0 heterocycles. The topological polar surface area (TPSA) is 21.3 Å². The van der Waals surface area contributed by atoms with Crippen molar-refractivity contribution in [3.05, 3.63) is 63.1 Å². The Labute approximate surface area is 139 Å². The minimum atomic E-state index is 0.243. The minimum absolute atomic E-state index is 0.243. The third-order valence-electron chi connectivity index (χ3n) is 3.42. The molecule has 1 N–H and O–H groups in total. The van der Waals surface area contributed by atoms with Gasteiger partial charge in [-0.1, -0.05) is 52.7 Å². The summed E-state index contributed by atoms with van der Waals surface area (Å²) >= 11 is 9.55. The number of halogens is 2. The first-order valence-electron chi connectivity index (χ1n) is 6.94. The highest BCUT2D eigenvalue weighted by Gasteiger charge is 2.13. The fourth-order valence-corrected chi connectivity index (χ4v) is 2.90. The predicted molar refractivity (Wildman–Crippen MR) is 93.0 cm³/mol. The highest BCUT2D eigenvalue weighted by atomic mass is 79.9. The second-order valence-corrected chi connectivity index (χ2v) is 6.15. The number of benzene rings is 2. The van der Waals surface area contributed by atoms with Crippen LogP contribution in [0.5, 0.6) is 0 Å². The molecule has 0 aromatic heterocycles. The van der Waals surface area contributed by atoms with Gasteiger partial charge in [-0.05, 0) is 36.2 Å². The zero-order valence-electron chi connectivity index (χ0n) is 12.2. The van der Waals surface area contributed by atoms with E-state index in [-0.39, 0.29) is 6.04 Å². The first-order chi connectivity index (χ1) is 10.2. The van der Waals surface area contributed by atoms with Crippen LogP contribution in [0.1, 0.15) is 30.5 Å². The molecular weight excluding hydrogens is 350 g/mol. The van der Waals surface area contributed by atoms with Gasteiger partial charge < -0.3 is 10.1 Å². The smallest absolute Gasteiger partial charge is 0.0744 e. The van der Waals surface area contributed by atoms with Crippen molar-refractivity contribution >= 4 is 33.2 Å². The fraction of sp³-hybridized carbons (Fsp3) is 0.294. The number of rotatable bonds is 6. The molecule has 21 heavy (non-hydrogen) atoms. The van der Waals surface area contributed by atoms with Gasteiger partial charge in [-0.2, -0.15) is 0 Å². The number of ether oxygens (including phenoxy) is 1. The number of nitrogens with one attached hydrogen (secondary N) is 1. The quantitative estimate of drug-likeness (QED) is 0.694. The van der Waals surface area contributed by atoms with Crippen molar-refractivity contribution in [3.63, 3.8) is 0 Å². The molecule has 0 saturated carbocycles. The zero-order valence-corrected chi connectivity index (χ0v) is 14.5. The van der Waals surface area contributed by atoms with E-state index in [2.05, 4.69) is 46.4 Å². The van der Waals surface area contributed by atoms with Crippen LogP contribution < -0.4 is 5.32 Å². The van der Waals surface area contributed by atoms with Crippen molar-refractivity contribution in [2.75, 3.05) is 12.4 Å².